The van der Waals surface area contributed by atoms with Gasteiger partial charge in [0.2, 0.25) is 0 Å². The zero-order valence-electron chi connectivity index (χ0n) is 17.0. The lowest BCUT2D eigenvalue weighted by Crippen LogP contribution is -2.13. The van der Waals surface area contributed by atoms with Crippen molar-refractivity contribution in [3.05, 3.63) is 70.3 Å². The van der Waals surface area contributed by atoms with Crippen molar-refractivity contribution in [3.8, 4) is 6.07 Å². The molecule has 0 heterocycles. The van der Waals surface area contributed by atoms with Crippen LogP contribution in [0.5, 0.6) is 0 Å². The zero-order valence-corrected chi connectivity index (χ0v) is 17.0. The Bertz CT molecular complexity index is 758. The van der Waals surface area contributed by atoms with Crippen molar-refractivity contribution in [2.75, 3.05) is 0 Å². The summed E-state index contributed by atoms with van der Waals surface area (Å²) < 4.78 is 0. The first-order chi connectivity index (χ1) is 13.2. The number of rotatable bonds is 7. The maximum Gasteiger partial charge on any atom is 0.0994 e. The molecule has 0 bridgehead atoms. The molecule has 1 heteroatoms. The van der Waals surface area contributed by atoms with Crippen molar-refractivity contribution in [3.63, 3.8) is 0 Å². The third kappa shape index (κ3) is 5.46. The summed E-state index contributed by atoms with van der Waals surface area (Å²) in [6, 6.07) is 17.8. The van der Waals surface area contributed by atoms with Gasteiger partial charge in [0, 0.05) is 0 Å². The topological polar surface area (TPSA) is 23.8 Å². The van der Waals surface area contributed by atoms with Gasteiger partial charge < -0.3 is 0 Å². The van der Waals surface area contributed by atoms with Crippen molar-refractivity contribution in [2.24, 2.45) is 5.92 Å². The number of hydrogen-bond donors (Lipinski definition) is 0. The molecule has 3 rings (SSSR count). The summed E-state index contributed by atoms with van der Waals surface area (Å²) in [5.41, 5.74) is 6.15. The zero-order chi connectivity index (χ0) is 19.1. The van der Waals surface area contributed by atoms with Crippen LogP contribution in [0.1, 0.15) is 85.6 Å². The van der Waals surface area contributed by atoms with Crippen LogP contribution < -0.4 is 0 Å². The first-order valence-corrected chi connectivity index (χ1v) is 10.8. The van der Waals surface area contributed by atoms with E-state index in [1.165, 1.54) is 56.1 Å². The van der Waals surface area contributed by atoms with Gasteiger partial charge in [-0.05, 0) is 85.6 Å². The molecule has 0 amide bonds. The Kier molecular flexibility index (Phi) is 7.11. The number of aryl methyl sites for hydroxylation is 3. The molecular weight excluding hydrogens is 326 g/mol. The van der Waals surface area contributed by atoms with E-state index in [0.29, 0.717) is 0 Å². The van der Waals surface area contributed by atoms with Crippen LogP contribution in [-0.2, 0) is 12.8 Å². The van der Waals surface area contributed by atoms with Crippen LogP contribution in [0.2, 0.25) is 0 Å². The molecule has 2 aromatic rings. The van der Waals surface area contributed by atoms with Crippen LogP contribution in [0.3, 0.4) is 0 Å². The molecule has 0 spiro atoms. The molecule has 1 saturated carbocycles. The molecule has 0 aliphatic heterocycles. The lowest BCUT2D eigenvalue weighted by molar-refractivity contribution is 0.304. The van der Waals surface area contributed by atoms with Crippen molar-refractivity contribution >= 4 is 0 Å². The highest BCUT2D eigenvalue weighted by atomic mass is 14.3. The summed E-state index contributed by atoms with van der Waals surface area (Å²) in [6.45, 7) is 4.32. The quantitative estimate of drug-likeness (QED) is 0.516. The highest BCUT2D eigenvalue weighted by molar-refractivity contribution is 5.39. The van der Waals surface area contributed by atoms with Gasteiger partial charge in [0.15, 0.2) is 0 Å². The Labute approximate surface area is 165 Å². The molecule has 0 N–H and O–H groups in total. The Morgan fingerprint density at radius 3 is 2.22 bits per heavy atom. The highest BCUT2D eigenvalue weighted by Gasteiger charge is 2.21. The lowest BCUT2D eigenvalue weighted by Gasteiger charge is -2.29. The summed E-state index contributed by atoms with van der Waals surface area (Å²) in [6.07, 6.45) is 11.9. The molecule has 0 atom stereocenters. The van der Waals surface area contributed by atoms with E-state index in [0.717, 1.165) is 35.8 Å². The average molecular weight is 360 g/mol. The summed E-state index contributed by atoms with van der Waals surface area (Å²) in [7, 11) is 0. The molecular formula is C26H33N. The fourth-order valence-corrected chi connectivity index (χ4v) is 4.53. The molecule has 1 fully saturated rings. The van der Waals surface area contributed by atoms with Crippen LogP contribution in [0.4, 0.5) is 0 Å². The molecule has 27 heavy (non-hydrogen) atoms. The number of nitrogens with zero attached hydrogens (tertiary/aromatic N) is 1. The van der Waals surface area contributed by atoms with Crippen molar-refractivity contribution in [1.29, 1.82) is 5.26 Å². The first-order valence-electron chi connectivity index (χ1n) is 10.8. The van der Waals surface area contributed by atoms with Gasteiger partial charge in [-0.25, -0.2) is 0 Å². The maximum absolute atomic E-state index is 9.05. The molecule has 0 aromatic heterocycles. The van der Waals surface area contributed by atoms with Crippen LogP contribution in [0.15, 0.2) is 42.5 Å². The second kappa shape index (κ2) is 9.75. The normalized spacial score (nSPS) is 19.6. The third-order valence-electron chi connectivity index (χ3n) is 6.38. The van der Waals surface area contributed by atoms with Gasteiger partial charge >= 0.3 is 0 Å². The van der Waals surface area contributed by atoms with Gasteiger partial charge in [0.1, 0.15) is 0 Å². The highest BCUT2D eigenvalue weighted by Crippen LogP contribution is 2.37. The largest absolute Gasteiger partial charge is 0.192 e. The van der Waals surface area contributed by atoms with Crippen LogP contribution in [0, 0.1) is 24.2 Å². The molecule has 0 saturated heterocycles. The molecule has 2 aromatic carbocycles. The number of benzene rings is 2. The van der Waals surface area contributed by atoms with Crippen molar-refractivity contribution in [2.45, 2.75) is 77.6 Å². The van der Waals surface area contributed by atoms with E-state index in [-0.39, 0.29) is 0 Å². The van der Waals surface area contributed by atoms with Gasteiger partial charge in [-0.15, -0.1) is 0 Å². The SMILES string of the molecule is CCCC[C@H]1CC[C@H](c2ccc(CCc3ccc(C#N)c(C)c3)cc2)CC1. The van der Waals surface area contributed by atoms with Gasteiger partial charge in [0.25, 0.3) is 0 Å². The molecule has 1 aliphatic carbocycles. The average Bonchev–Trinajstić information content (AvgIpc) is 2.71. The minimum absolute atomic E-state index is 0.776. The molecule has 1 aliphatic rings. The standard InChI is InChI=1S/C26H33N/c1-3-4-5-21-8-13-24(14-9-21)25-15-10-22(11-16-25)6-7-23-12-17-26(19-27)20(2)18-23/h10-12,15-18,21,24H,3-9,13-14H2,1-2H3/t21-,24-. The molecule has 1 nitrogen and oxygen atoms in total. The van der Waals surface area contributed by atoms with Crippen LogP contribution in [-0.4, -0.2) is 0 Å². The lowest BCUT2D eigenvalue weighted by atomic mass is 9.77. The number of unbranched alkanes of at least 4 members (excludes halogenated alkanes) is 1. The summed E-state index contributed by atoms with van der Waals surface area (Å²) in [5.74, 6) is 1.76. The molecule has 0 unspecified atom stereocenters. The predicted molar refractivity (Wildman–Crippen MR) is 114 cm³/mol. The van der Waals surface area contributed by atoms with Crippen LogP contribution >= 0.6 is 0 Å². The molecule has 142 valence electrons. The summed E-state index contributed by atoms with van der Waals surface area (Å²) in [4.78, 5) is 0. The van der Waals surface area contributed by atoms with Gasteiger partial charge in [-0.2, -0.15) is 5.26 Å². The van der Waals surface area contributed by atoms with Crippen LogP contribution in [0.25, 0.3) is 0 Å². The Morgan fingerprint density at radius 2 is 1.59 bits per heavy atom. The van der Waals surface area contributed by atoms with E-state index in [1.54, 1.807) is 5.56 Å². The number of nitriles is 1. The van der Waals surface area contributed by atoms with E-state index in [9.17, 15) is 0 Å². The van der Waals surface area contributed by atoms with E-state index >= 15 is 0 Å². The Morgan fingerprint density at radius 1 is 0.926 bits per heavy atom. The van der Waals surface area contributed by atoms with E-state index in [2.05, 4.69) is 49.4 Å². The Balaban J connectivity index is 1.51. The van der Waals surface area contributed by atoms with E-state index < -0.39 is 0 Å². The minimum atomic E-state index is 0.776. The van der Waals surface area contributed by atoms with E-state index in [1.807, 2.05) is 13.0 Å². The summed E-state index contributed by atoms with van der Waals surface area (Å²) >= 11 is 0. The maximum atomic E-state index is 9.05. The smallest absolute Gasteiger partial charge is 0.0994 e. The second-order valence-electron chi connectivity index (χ2n) is 8.36. The summed E-state index contributed by atoms with van der Waals surface area (Å²) in [5, 5.41) is 9.05. The van der Waals surface area contributed by atoms with Gasteiger partial charge in [-0.3, -0.25) is 0 Å². The van der Waals surface area contributed by atoms with Gasteiger partial charge in [-0.1, -0.05) is 62.6 Å². The second-order valence-corrected chi connectivity index (χ2v) is 8.36. The fourth-order valence-electron chi connectivity index (χ4n) is 4.53. The number of hydrogen-bond acceptors (Lipinski definition) is 1. The third-order valence-corrected chi connectivity index (χ3v) is 6.38. The first kappa shape index (κ1) is 19.7. The monoisotopic (exact) mass is 359 g/mol. The van der Waals surface area contributed by atoms with Gasteiger partial charge in [0.05, 0.1) is 11.6 Å². The fraction of sp³-hybridized carbons (Fsp3) is 0.500. The minimum Gasteiger partial charge on any atom is -0.192 e. The van der Waals surface area contributed by atoms with E-state index in [4.69, 9.17) is 5.26 Å². The van der Waals surface area contributed by atoms with Crippen molar-refractivity contribution < 1.29 is 0 Å². The Hall–Kier alpha value is -2.07. The predicted octanol–water partition coefficient (Wildman–Crippen LogP) is 7.12. The van der Waals surface area contributed by atoms with Crippen molar-refractivity contribution in [1.82, 2.24) is 0 Å². The molecule has 0 radical (unpaired) electrons.